The van der Waals surface area contributed by atoms with Gasteiger partial charge < -0.3 is 4.74 Å². The number of aromatic nitrogens is 2. The van der Waals surface area contributed by atoms with Crippen molar-refractivity contribution in [1.82, 2.24) is 9.78 Å². The van der Waals surface area contributed by atoms with Crippen LogP contribution in [-0.2, 0) is 6.18 Å². The van der Waals surface area contributed by atoms with Gasteiger partial charge in [0.2, 0.25) is 0 Å². The van der Waals surface area contributed by atoms with Gasteiger partial charge in [-0.1, -0.05) is 11.6 Å². The van der Waals surface area contributed by atoms with E-state index in [9.17, 15) is 18.0 Å². The molecule has 0 N–H and O–H groups in total. The van der Waals surface area contributed by atoms with E-state index < -0.39 is 23.4 Å². The minimum atomic E-state index is -4.85. The average molecular weight is 392 g/mol. The summed E-state index contributed by atoms with van der Waals surface area (Å²) in [5.74, 6) is -1.21. The summed E-state index contributed by atoms with van der Waals surface area (Å²) in [5.41, 5.74) is -1.59. The lowest BCUT2D eigenvalue weighted by atomic mass is 10.2. The van der Waals surface area contributed by atoms with Crippen molar-refractivity contribution in [3.63, 3.8) is 0 Å². The Morgan fingerprint density at radius 1 is 1.11 bits per heavy atom. The molecule has 1 heterocycles. The van der Waals surface area contributed by atoms with Crippen LogP contribution in [0.15, 0.2) is 54.7 Å². The highest BCUT2D eigenvalue weighted by Gasteiger charge is 2.41. The van der Waals surface area contributed by atoms with E-state index in [0.29, 0.717) is 15.3 Å². The minimum absolute atomic E-state index is 0.00590. The lowest BCUT2D eigenvalue weighted by Gasteiger charge is -2.12. The normalized spacial score (nSPS) is 11.1. The minimum Gasteiger partial charge on any atom is -0.423 e. The van der Waals surface area contributed by atoms with Crippen LogP contribution in [0, 0.1) is 11.3 Å². The Hall–Kier alpha value is -3.31. The molecular formula is C18H9ClF3N3O2. The van der Waals surface area contributed by atoms with Crippen molar-refractivity contribution in [3.05, 3.63) is 76.6 Å². The lowest BCUT2D eigenvalue weighted by Crippen LogP contribution is -2.19. The maximum absolute atomic E-state index is 13.6. The van der Waals surface area contributed by atoms with Crippen LogP contribution < -0.4 is 4.74 Å². The molecule has 0 bridgehead atoms. The number of nitrogens with zero attached hydrogens (tertiary/aromatic N) is 3. The van der Waals surface area contributed by atoms with Gasteiger partial charge in [-0.3, -0.25) is 0 Å². The Morgan fingerprint density at radius 3 is 2.30 bits per heavy atom. The molecule has 0 fully saturated rings. The number of carbonyl (C=O) groups is 1. The molecule has 3 rings (SSSR count). The van der Waals surface area contributed by atoms with Crippen molar-refractivity contribution in [2.75, 3.05) is 0 Å². The maximum Gasteiger partial charge on any atom is 0.434 e. The van der Waals surface area contributed by atoms with Gasteiger partial charge in [-0.05, 0) is 48.5 Å². The van der Waals surface area contributed by atoms with E-state index in [1.807, 2.05) is 6.07 Å². The Balaban J connectivity index is 1.98. The molecule has 2 aromatic carbocycles. The van der Waals surface area contributed by atoms with Crippen molar-refractivity contribution < 1.29 is 22.7 Å². The van der Waals surface area contributed by atoms with Gasteiger partial charge in [0.25, 0.3) is 0 Å². The summed E-state index contributed by atoms with van der Waals surface area (Å²) in [6, 6.07) is 12.8. The van der Waals surface area contributed by atoms with E-state index in [4.69, 9.17) is 21.6 Å². The summed E-state index contributed by atoms with van der Waals surface area (Å²) >= 11 is 5.75. The topological polar surface area (TPSA) is 67.9 Å². The molecule has 136 valence electrons. The number of hydrogen-bond donors (Lipinski definition) is 0. The van der Waals surface area contributed by atoms with Crippen molar-refractivity contribution in [3.8, 4) is 17.5 Å². The van der Waals surface area contributed by atoms with Gasteiger partial charge in [-0.2, -0.15) is 23.5 Å². The summed E-state index contributed by atoms with van der Waals surface area (Å²) < 4.78 is 46.3. The van der Waals surface area contributed by atoms with Gasteiger partial charge in [0, 0.05) is 5.02 Å². The third-order valence-corrected chi connectivity index (χ3v) is 3.77. The smallest absolute Gasteiger partial charge is 0.423 e. The SMILES string of the molecule is N#Cc1ccc(OC(=O)c2cnn(-c3ccc(Cl)cc3)c2C(F)(F)F)cc1. The highest BCUT2D eigenvalue weighted by Crippen LogP contribution is 2.34. The molecule has 1 aromatic heterocycles. The molecule has 0 radical (unpaired) electrons. The van der Waals surface area contributed by atoms with Gasteiger partial charge in [-0.15, -0.1) is 0 Å². The number of benzene rings is 2. The molecule has 0 atom stereocenters. The zero-order valence-corrected chi connectivity index (χ0v) is 14.1. The monoisotopic (exact) mass is 391 g/mol. The van der Waals surface area contributed by atoms with Crippen molar-refractivity contribution in [2.45, 2.75) is 6.18 Å². The molecule has 0 unspecified atom stereocenters. The first-order chi connectivity index (χ1) is 12.8. The zero-order chi connectivity index (χ0) is 19.6. The van der Waals surface area contributed by atoms with Gasteiger partial charge >= 0.3 is 12.1 Å². The summed E-state index contributed by atoms with van der Waals surface area (Å²) in [4.78, 5) is 12.3. The fourth-order valence-corrected chi connectivity index (χ4v) is 2.43. The Kier molecular flexibility index (Phi) is 4.88. The third kappa shape index (κ3) is 3.93. The molecule has 9 heteroatoms. The molecule has 0 aliphatic heterocycles. The number of carbonyl (C=O) groups excluding carboxylic acids is 1. The third-order valence-electron chi connectivity index (χ3n) is 3.52. The second-order valence-corrected chi connectivity index (χ2v) is 5.75. The van der Waals surface area contributed by atoms with Gasteiger partial charge in [0.1, 0.15) is 11.3 Å². The molecule has 0 saturated carbocycles. The first-order valence-electron chi connectivity index (χ1n) is 7.43. The van der Waals surface area contributed by atoms with E-state index >= 15 is 0 Å². The van der Waals surface area contributed by atoms with E-state index in [0.717, 1.165) is 6.20 Å². The van der Waals surface area contributed by atoms with Crippen molar-refractivity contribution in [1.29, 1.82) is 5.26 Å². The van der Waals surface area contributed by atoms with E-state index in [2.05, 4.69) is 5.10 Å². The quantitative estimate of drug-likeness (QED) is 0.482. The van der Waals surface area contributed by atoms with Crippen molar-refractivity contribution >= 4 is 17.6 Å². The van der Waals surface area contributed by atoms with Crippen LogP contribution in [0.1, 0.15) is 21.6 Å². The summed E-state index contributed by atoms with van der Waals surface area (Å²) in [5, 5.41) is 12.8. The summed E-state index contributed by atoms with van der Waals surface area (Å²) in [6.45, 7) is 0. The lowest BCUT2D eigenvalue weighted by molar-refractivity contribution is -0.143. The van der Waals surface area contributed by atoms with Crippen LogP contribution in [0.4, 0.5) is 13.2 Å². The molecule has 0 aliphatic rings. The molecule has 27 heavy (non-hydrogen) atoms. The number of halogens is 4. The molecule has 0 saturated heterocycles. The fraction of sp³-hybridized carbons (Fsp3) is 0.0556. The van der Waals surface area contributed by atoms with Crippen LogP contribution in [0.3, 0.4) is 0 Å². The fourth-order valence-electron chi connectivity index (χ4n) is 2.31. The largest absolute Gasteiger partial charge is 0.434 e. The van der Waals surface area contributed by atoms with E-state index in [-0.39, 0.29) is 11.4 Å². The van der Waals surface area contributed by atoms with Crippen LogP contribution in [0.25, 0.3) is 5.69 Å². The summed E-state index contributed by atoms with van der Waals surface area (Å²) in [7, 11) is 0. The standard InChI is InChI=1S/C18H9ClF3N3O2/c19-12-3-5-13(6-4-12)25-16(18(20,21)22)15(10-24-25)17(26)27-14-7-1-11(9-23)2-8-14/h1-8,10H. The predicted octanol–water partition coefficient (Wildman–Crippen LogP) is 4.64. The van der Waals surface area contributed by atoms with Crippen LogP contribution in [0.2, 0.25) is 5.02 Å². The highest BCUT2D eigenvalue weighted by atomic mass is 35.5. The molecule has 5 nitrogen and oxygen atoms in total. The molecular weight excluding hydrogens is 383 g/mol. The van der Waals surface area contributed by atoms with Gasteiger partial charge in [0.15, 0.2) is 5.69 Å². The molecule has 0 aliphatic carbocycles. The Morgan fingerprint density at radius 2 is 1.74 bits per heavy atom. The molecule has 3 aromatic rings. The predicted molar refractivity (Wildman–Crippen MR) is 89.7 cm³/mol. The number of hydrogen-bond acceptors (Lipinski definition) is 4. The first kappa shape index (κ1) is 18.5. The van der Waals surface area contributed by atoms with Gasteiger partial charge in [-0.25, -0.2) is 9.48 Å². The maximum atomic E-state index is 13.6. The number of nitriles is 1. The second kappa shape index (κ2) is 7.13. The van der Waals surface area contributed by atoms with Crippen LogP contribution >= 0.6 is 11.6 Å². The number of esters is 1. The second-order valence-electron chi connectivity index (χ2n) is 5.32. The Labute approximate surface area is 156 Å². The van der Waals surface area contributed by atoms with E-state index in [1.54, 1.807) is 0 Å². The number of alkyl halides is 3. The summed E-state index contributed by atoms with van der Waals surface area (Å²) in [6.07, 6.45) is -4.06. The average Bonchev–Trinajstić information content (AvgIpc) is 3.09. The zero-order valence-electron chi connectivity index (χ0n) is 13.4. The number of ether oxygens (including phenoxy) is 1. The molecule has 0 spiro atoms. The first-order valence-corrected chi connectivity index (χ1v) is 7.81. The van der Waals surface area contributed by atoms with Crippen LogP contribution in [-0.4, -0.2) is 15.7 Å². The van der Waals surface area contributed by atoms with Crippen LogP contribution in [0.5, 0.6) is 5.75 Å². The molecule has 0 amide bonds. The highest BCUT2D eigenvalue weighted by molar-refractivity contribution is 6.30. The number of rotatable bonds is 3. The van der Waals surface area contributed by atoms with Gasteiger partial charge in [0.05, 0.1) is 23.5 Å². The Bertz CT molecular complexity index is 1020. The van der Waals surface area contributed by atoms with Crippen molar-refractivity contribution in [2.24, 2.45) is 0 Å². The van der Waals surface area contributed by atoms with E-state index in [1.165, 1.54) is 48.5 Å².